The number of rotatable bonds is 1. The van der Waals surface area contributed by atoms with Gasteiger partial charge >= 0.3 is 0 Å². The van der Waals surface area contributed by atoms with Crippen LogP contribution >= 0.6 is 11.6 Å². The van der Waals surface area contributed by atoms with Crippen molar-refractivity contribution in [3.63, 3.8) is 0 Å². The third-order valence-electron chi connectivity index (χ3n) is 3.34. The topological polar surface area (TPSA) is 42.4 Å². The molecule has 0 aromatic carbocycles. The molecule has 2 rings (SSSR count). The van der Waals surface area contributed by atoms with Crippen molar-refractivity contribution in [3.05, 3.63) is 28.5 Å². The van der Waals surface area contributed by atoms with Crippen LogP contribution in [0.2, 0.25) is 5.15 Å². The number of nitrogens with zero attached hydrogens (tertiary/aromatic N) is 2. The van der Waals surface area contributed by atoms with Crippen molar-refractivity contribution in [3.8, 4) is 0 Å². The fraction of sp³-hybridized carbons (Fsp3) is 0.600. The molecule has 0 bridgehead atoms. The first-order valence-corrected chi connectivity index (χ1v) is 7.24. The number of carbonyl (C=O) groups is 1. The van der Waals surface area contributed by atoms with Crippen LogP contribution < -0.4 is 0 Å². The maximum atomic E-state index is 12.6. The Kier molecular flexibility index (Phi) is 4.35. The van der Waals surface area contributed by atoms with E-state index in [0.29, 0.717) is 30.4 Å². The summed E-state index contributed by atoms with van der Waals surface area (Å²) in [6, 6.07) is 3.48. The van der Waals surface area contributed by atoms with Crippen LogP contribution in [-0.4, -0.2) is 41.6 Å². The number of hydrogen-bond acceptors (Lipinski definition) is 3. The lowest BCUT2D eigenvalue weighted by Gasteiger charge is -2.31. The number of amides is 1. The number of halogens is 1. The zero-order valence-electron chi connectivity index (χ0n) is 12.4. The first-order chi connectivity index (χ1) is 9.27. The lowest BCUT2D eigenvalue weighted by atomic mass is 9.90. The molecule has 1 amide bonds. The zero-order valence-corrected chi connectivity index (χ0v) is 13.2. The van der Waals surface area contributed by atoms with E-state index in [1.54, 1.807) is 6.07 Å². The van der Waals surface area contributed by atoms with Crippen LogP contribution in [-0.2, 0) is 10.2 Å². The summed E-state index contributed by atoms with van der Waals surface area (Å²) in [5.41, 5.74) is 1.29. The van der Waals surface area contributed by atoms with Gasteiger partial charge in [0.1, 0.15) is 5.15 Å². The number of carbonyl (C=O) groups excluding carboxylic acids is 1. The van der Waals surface area contributed by atoms with Gasteiger partial charge in [0, 0.05) is 29.8 Å². The van der Waals surface area contributed by atoms with Crippen LogP contribution in [0.1, 0.15) is 43.7 Å². The minimum Gasteiger partial charge on any atom is -0.375 e. The van der Waals surface area contributed by atoms with E-state index < -0.39 is 0 Å². The number of aromatic nitrogens is 1. The normalized spacial score (nSPS) is 20.1. The fourth-order valence-corrected chi connectivity index (χ4v) is 2.40. The average Bonchev–Trinajstić information content (AvgIpc) is 2.36. The van der Waals surface area contributed by atoms with Gasteiger partial charge in [0.2, 0.25) is 0 Å². The average molecular weight is 297 g/mol. The Hall–Kier alpha value is -1.13. The Labute approximate surface area is 125 Å². The predicted octanol–water partition coefficient (Wildman–Crippen LogP) is 2.89. The molecule has 110 valence electrons. The van der Waals surface area contributed by atoms with E-state index in [9.17, 15) is 4.79 Å². The van der Waals surface area contributed by atoms with E-state index >= 15 is 0 Å². The van der Waals surface area contributed by atoms with Crippen molar-refractivity contribution in [1.29, 1.82) is 0 Å². The molecule has 1 atom stereocenters. The van der Waals surface area contributed by atoms with Crippen LogP contribution in [0.5, 0.6) is 0 Å². The Morgan fingerprint density at radius 1 is 1.45 bits per heavy atom. The Bertz CT molecular complexity index is 511. The predicted molar refractivity (Wildman–Crippen MR) is 79.3 cm³/mol. The zero-order chi connectivity index (χ0) is 14.9. The van der Waals surface area contributed by atoms with Crippen molar-refractivity contribution in [2.45, 2.75) is 39.2 Å². The largest absolute Gasteiger partial charge is 0.375 e. The van der Waals surface area contributed by atoms with Gasteiger partial charge in [-0.1, -0.05) is 32.4 Å². The molecule has 1 aromatic rings. The molecular weight excluding hydrogens is 276 g/mol. The summed E-state index contributed by atoms with van der Waals surface area (Å²) in [6.07, 6.45) is 0.0760. The quantitative estimate of drug-likeness (QED) is 0.748. The van der Waals surface area contributed by atoms with Gasteiger partial charge in [-0.05, 0) is 19.1 Å². The van der Waals surface area contributed by atoms with Gasteiger partial charge in [0.05, 0.1) is 12.7 Å². The van der Waals surface area contributed by atoms with Gasteiger partial charge in [-0.2, -0.15) is 0 Å². The summed E-state index contributed by atoms with van der Waals surface area (Å²) in [5.74, 6) is -0.00468. The molecule has 0 radical (unpaired) electrons. The number of ether oxygens (including phenoxy) is 1. The van der Waals surface area contributed by atoms with Gasteiger partial charge < -0.3 is 9.64 Å². The van der Waals surface area contributed by atoms with Crippen LogP contribution in [0, 0.1) is 0 Å². The van der Waals surface area contributed by atoms with E-state index in [1.165, 1.54) is 0 Å². The molecule has 20 heavy (non-hydrogen) atoms. The maximum absolute atomic E-state index is 12.6. The van der Waals surface area contributed by atoms with Crippen LogP contribution in [0.15, 0.2) is 12.1 Å². The van der Waals surface area contributed by atoms with Crippen molar-refractivity contribution < 1.29 is 9.53 Å². The molecule has 1 aromatic heterocycles. The highest BCUT2D eigenvalue weighted by atomic mass is 35.5. The second kappa shape index (κ2) is 5.70. The summed E-state index contributed by atoms with van der Waals surface area (Å²) >= 11 is 6.06. The third kappa shape index (κ3) is 3.49. The fourth-order valence-electron chi connectivity index (χ4n) is 2.19. The molecule has 2 heterocycles. The second-order valence-electron chi connectivity index (χ2n) is 6.25. The SMILES string of the molecule is CC1CN(C(=O)c2cc(Cl)nc(C(C)(C)C)c2)CCO1. The highest BCUT2D eigenvalue weighted by molar-refractivity contribution is 6.29. The Morgan fingerprint density at radius 3 is 2.75 bits per heavy atom. The van der Waals surface area contributed by atoms with Gasteiger partial charge in [-0.3, -0.25) is 4.79 Å². The van der Waals surface area contributed by atoms with E-state index in [4.69, 9.17) is 16.3 Å². The molecule has 0 saturated carbocycles. The minimum absolute atomic E-state index is 0.00468. The van der Waals surface area contributed by atoms with Gasteiger partial charge in [-0.15, -0.1) is 0 Å². The van der Waals surface area contributed by atoms with Crippen LogP contribution in [0.4, 0.5) is 0 Å². The molecule has 5 heteroatoms. The summed E-state index contributed by atoms with van der Waals surface area (Å²) in [4.78, 5) is 18.7. The number of hydrogen-bond donors (Lipinski definition) is 0. The second-order valence-corrected chi connectivity index (χ2v) is 6.63. The lowest BCUT2D eigenvalue weighted by molar-refractivity contribution is -0.0124. The van der Waals surface area contributed by atoms with E-state index in [1.807, 2.05) is 17.9 Å². The highest BCUT2D eigenvalue weighted by Gasteiger charge is 2.25. The van der Waals surface area contributed by atoms with Crippen molar-refractivity contribution in [2.24, 2.45) is 0 Å². The molecule has 1 saturated heterocycles. The standard InChI is InChI=1S/C15H21ClN2O2/c1-10-9-18(5-6-20-10)14(19)11-7-12(15(2,3)4)17-13(16)8-11/h7-8,10H,5-6,9H2,1-4H3. The summed E-state index contributed by atoms with van der Waals surface area (Å²) in [7, 11) is 0. The third-order valence-corrected chi connectivity index (χ3v) is 3.53. The molecule has 1 unspecified atom stereocenters. The molecule has 1 fully saturated rings. The number of morpholine rings is 1. The van der Waals surface area contributed by atoms with E-state index in [0.717, 1.165) is 5.69 Å². The monoisotopic (exact) mass is 296 g/mol. The number of pyridine rings is 1. The summed E-state index contributed by atoms with van der Waals surface area (Å²) in [6.45, 7) is 9.94. The molecule has 1 aliphatic heterocycles. The molecule has 0 spiro atoms. The molecule has 1 aliphatic rings. The van der Waals surface area contributed by atoms with E-state index in [-0.39, 0.29) is 17.4 Å². The minimum atomic E-state index is -0.141. The summed E-state index contributed by atoms with van der Waals surface area (Å²) < 4.78 is 5.46. The molecule has 4 nitrogen and oxygen atoms in total. The van der Waals surface area contributed by atoms with Crippen LogP contribution in [0.25, 0.3) is 0 Å². The Balaban J connectivity index is 2.28. The van der Waals surface area contributed by atoms with Gasteiger partial charge in [-0.25, -0.2) is 4.98 Å². The first kappa shape index (κ1) is 15.3. The molecule has 0 aliphatic carbocycles. The van der Waals surface area contributed by atoms with Gasteiger partial charge in [0.15, 0.2) is 0 Å². The van der Waals surface area contributed by atoms with Gasteiger partial charge in [0.25, 0.3) is 5.91 Å². The van der Waals surface area contributed by atoms with E-state index in [2.05, 4.69) is 25.8 Å². The molecule has 0 N–H and O–H groups in total. The van der Waals surface area contributed by atoms with Crippen molar-refractivity contribution >= 4 is 17.5 Å². The summed E-state index contributed by atoms with van der Waals surface area (Å²) in [5, 5.41) is 0.363. The highest BCUT2D eigenvalue weighted by Crippen LogP contribution is 2.24. The maximum Gasteiger partial charge on any atom is 0.254 e. The molecular formula is C15H21ClN2O2. The Morgan fingerprint density at radius 2 is 2.15 bits per heavy atom. The smallest absolute Gasteiger partial charge is 0.254 e. The first-order valence-electron chi connectivity index (χ1n) is 6.86. The van der Waals surface area contributed by atoms with Crippen molar-refractivity contribution in [1.82, 2.24) is 9.88 Å². The van der Waals surface area contributed by atoms with Crippen LogP contribution in [0.3, 0.4) is 0 Å². The lowest BCUT2D eigenvalue weighted by Crippen LogP contribution is -2.44. The van der Waals surface area contributed by atoms with Crippen molar-refractivity contribution in [2.75, 3.05) is 19.7 Å².